The summed E-state index contributed by atoms with van der Waals surface area (Å²) in [4.78, 5) is 0. The van der Waals surface area contributed by atoms with Crippen molar-refractivity contribution in [2.75, 3.05) is 14.2 Å². The summed E-state index contributed by atoms with van der Waals surface area (Å²) in [6, 6.07) is 3.58. The van der Waals surface area contributed by atoms with Crippen LogP contribution in [-0.2, 0) is 9.47 Å². The van der Waals surface area contributed by atoms with Crippen molar-refractivity contribution < 1.29 is 9.47 Å². The smallest absolute Gasteiger partial charge is 0.202 e. The molecule has 0 fully saturated rings. The second-order valence-corrected chi connectivity index (χ2v) is 1.95. The normalized spacial score (nSPS) is 10.5. The first kappa shape index (κ1) is 8.10. The third-order valence-corrected chi connectivity index (χ3v) is 1.26. The number of hydrogen-bond acceptors (Lipinski definition) is 4. The molecule has 0 spiro atoms. The fraction of sp³-hybridized carbons (Fsp3) is 0.429. The Kier molecular flexibility index (Phi) is 2.95. The van der Waals surface area contributed by atoms with Gasteiger partial charge < -0.3 is 9.47 Å². The predicted octanol–water partition coefficient (Wildman–Crippen LogP) is 0.768. The Hall–Kier alpha value is -1.00. The average molecular weight is 154 g/mol. The molecule has 60 valence electrons. The second kappa shape index (κ2) is 4.00. The van der Waals surface area contributed by atoms with Gasteiger partial charge in [0.15, 0.2) is 0 Å². The lowest BCUT2D eigenvalue weighted by Crippen LogP contribution is -2.06. The van der Waals surface area contributed by atoms with Crippen molar-refractivity contribution in [2.45, 2.75) is 6.29 Å². The van der Waals surface area contributed by atoms with Gasteiger partial charge in [0.1, 0.15) is 5.69 Å². The first-order valence-electron chi connectivity index (χ1n) is 3.21. The molecule has 0 unspecified atom stereocenters. The van der Waals surface area contributed by atoms with E-state index in [4.69, 9.17) is 9.47 Å². The largest absolute Gasteiger partial charge is 0.350 e. The molecule has 0 aromatic carbocycles. The first-order chi connectivity index (χ1) is 5.38. The Labute approximate surface area is 65.2 Å². The Bertz CT molecular complexity index is 199. The molecule has 1 aromatic heterocycles. The number of nitrogens with zero attached hydrogens (tertiary/aromatic N) is 2. The molecule has 0 radical (unpaired) electrons. The van der Waals surface area contributed by atoms with Crippen LogP contribution in [0.5, 0.6) is 0 Å². The average Bonchev–Trinajstić information content (AvgIpc) is 2.09. The van der Waals surface area contributed by atoms with Gasteiger partial charge in [-0.05, 0) is 12.1 Å². The fourth-order valence-corrected chi connectivity index (χ4v) is 0.777. The van der Waals surface area contributed by atoms with Gasteiger partial charge in [-0.2, -0.15) is 10.2 Å². The van der Waals surface area contributed by atoms with E-state index in [0.29, 0.717) is 5.69 Å². The molecule has 0 saturated heterocycles. The van der Waals surface area contributed by atoms with Gasteiger partial charge in [-0.1, -0.05) is 0 Å². The van der Waals surface area contributed by atoms with E-state index in [-0.39, 0.29) is 0 Å². The number of ether oxygens (including phenoxy) is 2. The van der Waals surface area contributed by atoms with E-state index in [1.165, 1.54) is 0 Å². The van der Waals surface area contributed by atoms with Gasteiger partial charge >= 0.3 is 0 Å². The van der Waals surface area contributed by atoms with E-state index in [1.807, 2.05) is 0 Å². The molecule has 4 heteroatoms. The zero-order chi connectivity index (χ0) is 8.10. The fourth-order valence-electron chi connectivity index (χ4n) is 0.777. The van der Waals surface area contributed by atoms with Gasteiger partial charge in [-0.25, -0.2) is 0 Å². The van der Waals surface area contributed by atoms with Crippen molar-refractivity contribution in [3.63, 3.8) is 0 Å². The highest BCUT2D eigenvalue weighted by atomic mass is 16.7. The molecule has 0 aliphatic carbocycles. The summed E-state index contributed by atoms with van der Waals surface area (Å²) in [5.74, 6) is 0. The topological polar surface area (TPSA) is 44.2 Å². The third kappa shape index (κ3) is 1.96. The first-order valence-corrected chi connectivity index (χ1v) is 3.21. The highest BCUT2D eigenvalue weighted by molar-refractivity contribution is 5.00. The molecule has 11 heavy (non-hydrogen) atoms. The van der Waals surface area contributed by atoms with Crippen molar-refractivity contribution in [2.24, 2.45) is 0 Å². The Morgan fingerprint density at radius 1 is 1.36 bits per heavy atom. The minimum absolute atomic E-state index is 0.413. The van der Waals surface area contributed by atoms with E-state index in [9.17, 15) is 0 Å². The number of hydrogen-bond donors (Lipinski definition) is 0. The molecule has 1 rings (SSSR count). The molecule has 0 aliphatic heterocycles. The van der Waals surface area contributed by atoms with Crippen LogP contribution in [0.1, 0.15) is 12.0 Å². The highest BCUT2D eigenvalue weighted by Gasteiger charge is 2.08. The highest BCUT2D eigenvalue weighted by Crippen LogP contribution is 2.11. The zero-order valence-corrected chi connectivity index (χ0v) is 6.52. The molecule has 0 N–H and O–H groups in total. The lowest BCUT2D eigenvalue weighted by molar-refractivity contribution is -0.109. The standard InChI is InChI=1S/C7H10N2O2/c1-10-7(11-2)6-4-3-5-8-9-6/h3-5,7H,1-2H3. The van der Waals surface area contributed by atoms with Crippen LogP contribution >= 0.6 is 0 Å². The van der Waals surface area contributed by atoms with E-state index < -0.39 is 6.29 Å². The molecular weight excluding hydrogens is 144 g/mol. The summed E-state index contributed by atoms with van der Waals surface area (Å²) >= 11 is 0. The summed E-state index contributed by atoms with van der Waals surface area (Å²) in [5.41, 5.74) is 0.678. The van der Waals surface area contributed by atoms with Crippen molar-refractivity contribution in [1.29, 1.82) is 0 Å². The molecule has 1 aromatic rings. The van der Waals surface area contributed by atoms with E-state index in [0.717, 1.165) is 0 Å². The maximum atomic E-state index is 4.96. The van der Waals surface area contributed by atoms with Crippen LogP contribution in [0, 0.1) is 0 Å². The summed E-state index contributed by atoms with van der Waals surface area (Å²) in [6.45, 7) is 0. The second-order valence-electron chi connectivity index (χ2n) is 1.95. The molecule has 4 nitrogen and oxygen atoms in total. The van der Waals surface area contributed by atoms with E-state index in [1.54, 1.807) is 32.5 Å². The van der Waals surface area contributed by atoms with Gasteiger partial charge in [0.25, 0.3) is 0 Å². The SMILES string of the molecule is COC(OC)c1cccnn1. The molecule has 0 saturated carbocycles. The number of methoxy groups -OCH3 is 2. The van der Waals surface area contributed by atoms with Crippen LogP contribution in [0.3, 0.4) is 0 Å². The maximum absolute atomic E-state index is 4.96. The van der Waals surface area contributed by atoms with Gasteiger partial charge in [0.05, 0.1) is 0 Å². The minimum Gasteiger partial charge on any atom is -0.350 e. The predicted molar refractivity (Wildman–Crippen MR) is 38.8 cm³/mol. The van der Waals surface area contributed by atoms with Gasteiger partial charge in [-0.15, -0.1) is 0 Å². The van der Waals surface area contributed by atoms with Crippen molar-refractivity contribution in [3.05, 3.63) is 24.0 Å². The van der Waals surface area contributed by atoms with Crippen LogP contribution in [-0.4, -0.2) is 24.4 Å². The lowest BCUT2D eigenvalue weighted by atomic mass is 10.4. The van der Waals surface area contributed by atoms with Gasteiger partial charge in [0.2, 0.25) is 6.29 Å². The molecule has 0 amide bonds. The number of rotatable bonds is 3. The molecular formula is C7H10N2O2. The molecule has 0 atom stereocenters. The van der Waals surface area contributed by atoms with Crippen LogP contribution in [0.25, 0.3) is 0 Å². The quantitative estimate of drug-likeness (QED) is 0.603. The van der Waals surface area contributed by atoms with Crippen molar-refractivity contribution >= 4 is 0 Å². The Morgan fingerprint density at radius 2 is 2.09 bits per heavy atom. The van der Waals surface area contributed by atoms with Gasteiger partial charge in [-0.3, -0.25) is 0 Å². The van der Waals surface area contributed by atoms with Crippen molar-refractivity contribution in [1.82, 2.24) is 10.2 Å². The molecule has 0 bridgehead atoms. The summed E-state index contributed by atoms with van der Waals surface area (Å²) < 4.78 is 9.92. The van der Waals surface area contributed by atoms with Gasteiger partial charge in [0, 0.05) is 20.4 Å². The molecule has 0 aliphatic rings. The lowest BCUT2D eigenvalue weighted by Gasteiger charge is -2.10. The van der Waals surface area contributed by atoms with Crippen molar-refractivity contribution in [3.8, 4) is 0 Å². The van der Waals surface area contributed by atoms with Crippen LogP contribution in [0.4, 0.5) is 0 Å². The van der Waals surface area contributed by atoms with Crippen LogP contribution in [0.2, 0.25) is 0 Å². The Morgan fingerprint density at radius 3 is 2.55 bits per heavy atom. The minimum atomic E-state index is -0.413. The van der Waals surface area contributed by atoms with Crippen LogP contribution in [0.15, 0.2) is 18.3 Å². The number of aromatic nitrogens is 2. The third-order valence-electron chi connectivity index (χ3n) is 1.26. The summed E-state index contributed by atoms with van der Waals surface area (Å²) in [6.07, 6.45) is 1.19. The Balaban J connectivity index is 2.74. The van der Waals surface area contributed by atoms with E-state index >= 15 is 0 Å². The van der Waals surface area contributed by atoms with E-state index in [2.05, 4.69) is 10.2 Å². The summed E-state index contributed by atoms with van der Waals surface area (Å²) in [7, 11) is 3.12. The summed E-state index contributed by atoms with van der Waals surface area (Å²) in [5, 5.41) is 7.51. The maximum Gasteiger partial charge on any atom is 0.202 e. The van der Waals surface area contributed by atoms with Crippen LogP contribution < -0.4 is 0 Å². The monoisotopic (exact) mass is 154 g/mol. The zero-order valence-electron chi connectivity index (χ0n) is 6.52. The molecule has 1 heterocycles.